The normalized spacial score (nSPS) is 11.0. The number of carbonyl (C=O) groups excluding carboxylic acids is 1. The van der Waals surface area contributed by atoms with E-state index in [1.807, 2.05) is 20.8 Å². The highest BCUT2D eigenvalue weighted by atomic mass is 32.2. The van der Waals surface area contributed by atoms with Crippen molar-refractivity contribution in [2.24, 2.45) is 0 Å². The third kappa shape index (κ3) is 6.04. The summed E-state index contributed by atoms with van der Waals surface area (Å²) in [5.74, 6) is 0.637. The molecule has 0 atom stereocenters. The van der Waals surface area contributed by atoms with E-state index in [0.29, 0.717) is 36.1 Å². The number of sulfonamides is 1. The molecule has 0 bridgehead atoms. The van der Waals surface area contributed by atoms with Crippen molar-refractivity contribution in [3.8, 4) is 11.5 Å². The minimum absolute atomic E-state index is 0.101. The summed E-state index contributed by atoms with van der Waals surface area (Å²) in [7, 11) is -4.00. The lowest BCUT2D eigenvalue weighted by Gasteiger charge is -2.24. The molecule has 0 spiro atoms. The molecular weight excluding hydrogens is 440 g/mol. The Morgan fingerprint density at radius 1 is 0.879 bits per heavy atom. The molecule has 1 amide bonds. The van der Waals surface area contributed by atoms with Gasteiger partial charge in [-0.2, -0.15) is 0 Å². The third-order valence-corrected chi connectivity index (χ3v) is 6.58. The Bertz CT molecular complexity index is 1180. The van der Waals surface area contributed by atoms with Crippen molar-refractivity contribution in [3.05, 3.63) is 78.4 Å². The number of amides is 1. The SMILES string of the molecule is CCOc1ccc(N(CC(=O)Nc2ccccc2OCC)S(=O)(=O)c2ccc(C)cc2)cc1. The quantitative estimate of drug-likeness (QED) is 0.469. The van der Waals surface area contributed by atoms with Gasteiger partial charge < -0.3 is 14.8 Å². The Morgan fingerprint density at radius 3 is 2.15 bits per heavy atom. The summed E-state index contributed by atoms with van der Waals surface area (Å²) >= 11 is 0. The number of ether oxygens (including phenoxy) is 2. The van der Waals surface area contributed by atoms with Crippen LogP contribution in [0.5, 0.6) is 11.5 Å². The molecule has 33 heavy (non-hydrogen) atoms. The van der Waals surface area contributed by atoms with Crippen molar-refractivity contribution in [2.75, 3.05) is 29.4 Å². The smallest absolute Gasteiger partial charge is 0.264 e. The summed E-state index contributed by atoms with van der Waals surface area (Å²) < 4.78 is 39.1. The number of carbonyl (C=O) groups is 1. The first-order valence-electron chi connectivity index (χ1n) is 10.7. The maximum atomic E-state index is 13.5. The largest absolute Gasteiger partial charge is 0.494 e. The van der Waals surface area contributed by atoms with E-state index in [1.165, 1.54) is 12.1 Å². The van der Waals surface area contributed by atoms with E-state index in [1.54, 1.807) is 60.7 Å². The zero-order chi connectivity index (χ0) is 23.8. The van der Waals surface area contributed by atoms with Crippen molar-refractivity contribution < 1.29 is 22.7 Å². The fraction of sp³-hybridized carbons (Fsp3) is 0.240. The minimum atomic E-state index is -4.00. The van der Waals surface area contributed by atoms with Crippen molar-refractivity contribution in [1.29, 1.82) is 0 Å². The van der Waals surface area contributed by atoms with Crippen LogP contribution in [-0.2, 0) is 14.8 Å². The van der Waals surface area contributed by atoms with Crippen LogP contribution in [-0.4, -0.2) is 34.1 Å². The van der Waals surface area contributed by atoms with Crippen LogP contribution in [0.4, 0.5) is 11.4 Å². The second-order valence-electron chi connectivity index (χ2n) is 7.23. The van der Waals surface area contributed by atoms with Gasteiger partial charge in [-0.1, -0.05) is 29.8 Å². The molecule has 0 aromatic heterocycles. The van der Waals surface area contributed by atoms with Gasteiger partial charge in [0.1, 0.15) is 18.0 Å². The number of rotatable bonds is 10. The molecule has 3 aromatic carbocycles. The van der Waals surface area contributed by atoms with Crippen LogP contribution in [0.15, 0.2) is 77.7 Å². The predicted octanol–water partition coefficient (Wildman–Crippen LogP) is 4.63. The zero-order valence-electron chi connectivity index (χ0n) is 18.9. The highest BCUT2D eigenvalue weighted by Crippen LogP contribution is 2.27. The lowest BCUT2D eigenvalue weighted by atomic mass is 10.2. The lowest BCUT2D eigenvalue weighted by Crippen LogP contribution is -2.38. The number of nitrogens with zero attached hydrogens (tertiary/aromatic N) is 1. The van der Waals surface area contributed by atoms with Crippen molar-refractivity contribution in [2.45, 2.75) is 25.7 Å². The lowest BCUT2D eigenvalue weighted by molar-refractivity contribution is -0.114. The number of anilines is 2. The van der Waals surface area contributed by atoms with Gasteiger partial charge in [0.2, 0.25) is 5.91 Å². The highest BCUT2D eigenvalue weighted by molar-refractivity contribution is 7.92. The van der Waals surface area contributed by atoms with Gasteiger partial charge in [-0.25, -0.2) is 8.42 Å². The summed E-state index contributed by atoms with van der Waals surface area (Å²) in [6.07, 6.45) is 0. The Balaban J connectivity index is 1.93. The molecule has 0 heterocycles. The molecule has 0 aliphatic carbocycles. The van der Waals surface area contributed by atoms with Crippen LogP contribution in [0.1, 0.15) is 19.4 Å². The Labute approximate surface area is 195 Å². The molecule has 3 rings (SSSR count). The fourth-order valence-corrected chi connectivity index (χ4v) is 4.62. The average Bonchev–Trinajstić information content (AvgIpc) is 2.80. The van der Waals surface area contributed by atoms with Crippen molar-refractivity contribution >= 4 is 27.3 Å². The molecule has 0 fully saturated rings. The number of aryl methyl sites for hydroxylation is 1. The van der Waals surface area contributed by atoms with Gasteiger partial charge in [0.25, 0.3) is 10.0 Å². The van der Waals surface area contributed by atoms with Gasteiger partial charge in [0, 0.05) is 0 Å². The monoisotopic (exact) mass is 468 g/mol. The van der Waals surface area contributed by atoms with Crippen LogP contribution >= 0.6 is 0 Å². The van der Waals surface area contributed by atoms with Crippen molar-refractivity contribution in [1.82, 2.24) is 0 Å². The maximum Gasteiger partial charge on any atom is 0.264 e. The standard InChI is InChI=1S/C25H28N2O5S/c1-4-31-21-14-12-20(13-15-21)27(33(29,30)22-16-10-19(3)11-17-22)18-25(28)26-23-8-6-7-9-24(23)32-5-2/h6-17H,4-5,18H2,1-3H3,(H,26,28). The molecule has 0 aliphatic rings. The first-order valence-corrected chi connectivity index (χ1v) is 12.1. The fourth-order valence-electron chi connectivity index (χ4n) is 3.20. The number of hydrogen-bond acceptors (Lipinski definition) is 5. The molecule has 0 saturated heterocycles. The summed E-state index contributed by atoms with van der Waals surface area (Å²) in [6.45, 7) is 6.11. The molecule has 1 N–H and O–H groups in total. The molecule has 0 radical (unpaired) electrons. The molecule has 0 saturated carbocycles. The number of hydrogen-bond donors (Lipinski definition) is 1. The van der Waals surface area contributed by atoms with Crippen LogP contribution in [0.25, 0.3) is 0 Å². The van der Waals surface area contributed by atoms with Gasteiger partial charge >= 0.3 is 0 Å². The van der Waals surface area contributed by atoms with E-state index < -0.39 is 22.5 Å². The Morgan fingerprint density at radius 2 is 1.52 bits per heavy atom. The molecule has 3 aromatic rings. The van der Waals surface area contributed by atoms with Crippen LogP contribution in [0, 0.1) is 6.92 Å². The molecular formula is C25H28N2O5S. The van der Waals surface area contributed by atoms with Gasteiger partial charge in [-0.3, -0.25) is 9.10 Å². The zero-order valence-corrected chi connectivity index (χ0v) is 19.8. The first kappa shape index (κ1) is 24.1. The predicted molar refractivity (Wildman–Crippen MR) is 130 cm³/mol. The summed E-state index contributed by atoms with van der Waals surface area (Å²) in [4.78, 5) is 13.1. The van der Waals surface area contributed by atoms with E-state index in [4.69, 9.17) is 9.47 Å². The summed E-state index contributed by atoms with van der Waals surface area (Å²) in [5.41, 5.74) is 1.77. The van der Waals surface area contributed by atoms with Gasteiger partial charge in [0.05, 0.1) is 29.5 Å². The van der Waals surface area contributed by atoms with Gasteiger partial charge in [-0.05, 0) is 69.3 Å². The minimum Gasteiger partial charge on any atom is -0.494 e. The molecule has 7 nitrogen and oxygen atoms in total. The number of para-hydroxylation sites is 2. The third-order valence-electron chi connectivity index (χ3n) is 4.79. The molecule has 8 heteroatoms. The average molecular weight is 469 g/mol. The first-order chi connectivity index (χ1) is 15.8. The van der Waals surface area contributed by atoms with Crippen LogP contribution in [0.2, 0.25) is 0 Å². The summed E-state index contributed by atoms with van der Waals surface area (Å²) in [6, 6.07) is 20.1. The van der Waals surface area contributed by atoms with Gasteiger partial charge in [0.15, 0.2) is 0 Å². The second-order valence-corrected chi connectivity index (χ2v) is 9.09. The van der Waals surface area contributed by atoms with E-state index in [9.17, 15) is 13.2 Å². The van der Waals surface area contributed by atoms with E-state index >= 15 is 0 Å². The van der Waals surface area contributed by atoms with E-state index in [2.05, 4.69) is 5.32 Å². The van der Waals surface area contributed by atoms with Crippen LogP contribution in [0.3, 0.4) is 0 Å². The Hall–Kier alpha value is -3.52. The van der Waals surface area contributed by atoms with E-state index in [0.717, 1.165) is 9.87 Å². The maximum absolute atomic E-state index is 13.5. The highest BCUT2D eigenvalue weighted by Gasteiger charge is 2.27. The van der Waals surface area contributed by atoms with Crippen LogP contribution < -0.4 is 19.1 Å². The summed E-state index contributed by atoms with van der Waals surface area (Å²) in [5, 5.41) is 2.77. The second kappa shape index (κ2) is 10.9. The molecule has 0 unspecified atom stereocenters. The number of nitrogens with one attached hydrogen (secondary N) is 1. The molecule has 174 valence electrons. The Kier molecular flexibility index (Phi) is 7.95. The topological polar surface area (TPSA) is 84.9 Å². The van der Waals surface area contributed by atoms with Gasteiger partial charge in [-0.15, -0.1) is 0 Å². The molecule has 0 aliphatic heterocycles. The number of benzene rings is 3. The van der Waals surface area contributed by atoms with Crippen molar-refractivity contribution in [3.63, 3.8) is 0 Å². The van der Waals surface area contributed by atoms with E-state index in [-0.39, 0.29) is 4.90 Å².